The van der Waals surface area contributed by atoms with Gasteiger partial charge < -0.3 is 5.32 Å². The molecule has 0 unspecified atom stereocenters. The number of benzene rings is 1. The van der Waals surface area contributed by atoms with Crippen LogP contribution in [-0.4, -0.2) is 31.8 Å². The molecule has 1 amide bonds. The molecule has 3 atom stereocenters. The summed E-state index contributed by atoms with van der Waals surface area (Å²) in [6, 6.07) is 8.25. The van der Waals surface area contributed by atoms with Crippen LogP contribution < -0.4 is 10.5 Å². The van der Waals surface area contributed by atoms with Crippen molar-refractivity contribution < 1.29 is 13.2 Å². The summed E-state index contributed by atoms with van der Waals surface area (Å²) in [6.07, 6.45) is 2.15. The summed E-state index contributed by atoms with van der Waals surface area (Å²) >= 11 is 1.68. The molecule has 6 nitrogen and oxygen atoms in total. The monoisotopic (exact) mass is 407 g/mol. The van der Waals surface area contributed by atoms with E-state index in [1.165, 1.54) is 17.7 Å². The zero-order valence-corrected chi connectivity index (χ0v) is 17.1. The van der Waals surface area contributed by atoms with Gasteiger partial charge in [0.1, 0.15) is 0 Å². The lowest BCUT2D eigenvalue weighted by molar-refractivity contribution is -0.126. The highest BCUT2D eigenvalue weighted by atomic mass is 32.2. The number of carbonyl (C=O) groups is 1. The van der Waals surface area contributed by atoms with E-state index in [1.54, 1.807) is 23.5 Å². The minimum Gasteiger partial charge on any atom is -0.348 e. The Bertz CT molecular complexity index is 879. The van der Waals surface area contributed by atoms with E-state index in [0.717, 1.165) is 24.9 Å². The van der Waals surface area contributed by atoms with Gasteiger partial charge >= 0.3 is 0 Å². The number of thiophene rings is 1. The molecular formula is C19H25N3O3S2. The Morgan fingerprint density at radius 1 is 1.26 bits per heavy atom. The molecule has 0 aliphatic carbocycles. The summed E-state index contributed by atoms with van der Waals surface area (Å²) in [5, 5.41) is 12.4. The SMILES string of the molecule is C[C@H](NC(=O)[C@@H](C)N1CCC[C@H]1c1ccsc1)c1ccc(S(N)(=O)=O)cc1. The smallest absolute Gasteiger partial charge is 0.238 e. The summed E-state index contributed by atoms with van der Waals surface area (Å²) in [5.74, 6) is -0.0276. The third-order valence-corrected chi connectivity index (χ3v) is 6.80. The van der Waals surface area contributed by atoms with Gasteiger partial charge in [-0.2, -0.15) is 11.3 Å². The third-order valence-electron chi connectivity index (χ3n) is 5.17. The lowest BCUT2D eigenvalue weighted by Crippen LogP contribution is -2.45. The number of nitrogens with zero attached hydrogens (tertiary/aromatic N) is 1. The second-order valence-corrected chi connectivity index (χ2v) is 9.31. The maximum Gasteiger partial charge on any atom is 0.238 e. The molecule has 3 N–H and O–H groups in total. The van der Waals surface area contributed by atoms with E-state index in [-0.39, 0.29) is 22.9 Å². The Morgan fingerprint density at radius 3 is 2.56 bits per heavy atom. The van der Waals surface area contributed by atoms with Crippen molar-refractivity contribution >= 4 is 27.3 Å². The van der Waals surface area contributed by atoms with Crippen LogP contribution in [0.5, 0.6) is 0 Å². The molecule has 27 heavy (non-hydrogen) atoms. The Kier molecular flexibility index (Phi) is 6.00. The maximum atomic E-state index is 12.8. The van der Waals surface area contributed by atoms with Crippen LogP contribution in [0, 0.1) is 0 Å². The van der Waals surface area contributed by atoms with Crippen LogP contribution in [0.15, 0.2) is 46.0 Å². The molecule has 1 aliphatic heterocycles. The summed E-state index contributed by atoms with van der Waals surface area (Å²) < 4.78 is 22.7. The molecule has 146 valence electrons. The summed E-state index contributed by atoms with van der Waals surface area (Å²) in [4.78, 5) is 15.1. The lowest BCUT2D eigenvalue weighted by Gasteiger charge is -2.30. The van der Waals surface area contributed by atoms with Gasteiger partial charge in [0.15, 0.2) is 0 Å². The first-order chi connectivity index (χ1) is 12.8. The van der Waals surface area contributed by atoms with Crippen LogP contribution >= 0.6 is 11.3 Å². The minimum atomic E-state index is -3.71. The molecule has 0 radical (unpaired) electrons. The summed E-state index contributed by atoms with van der Waals surface area (Å²) in [7, 11) is -3.71. The third kappa shape index (κ3) is 4.57. The molecule has 2 heterocycles. The molecule has 0 saturated carbocycles. The van der Waals surface area contributed by atoms with Crippen LogP contribution in [0.4, 0.5) is 0 Å². The van der Waals surface area contributed by atoms with Gasteiger partial charge in [-0.05, 0) is 73.3 Å². The van der Waals surface area contributed by atoms with Crippen molar-refractivity contribution in [3.63, 3.8) is 0 Å². The largest absolute Gasteiger partial charge is 0.348 e. The van der Waals surface area contributed by atoms with Crippen LogP contribution in [0.3, 0.4) is 0 Å². The summed E-state index contributed by atoms with van der Waals surface area (Å²) in [6.45, 7) is 4.74. The van der Waals surface area contributed by atoms with Crippen LogP contribution in [-0.2, 0) is 14.8 Å². The van der Waals surface area contributed by atoms with Gasteiger partial charge in [-0.3, -0.25) is 9.69 Å². The molecule has 3 rings (SSSR count). The van der Waals surface area contributed by atoms with Crippen molar-refractivity contribution in [2.75, 3.05) is 6.54 Å². The fourth-order valence-electron chi connectivity index (χ4n) is 3.59. The highest BCUT2D eigenvalue weighted by Gasteiger charge is 2.33. The van der Waals surface area contributed by atoms with Gasteiger partial charge in [0.05, 0.1) is 17.0 Å². The Hall–Kier alpha value is -1.74. The number of sulfonamides is 1. The Labute approximate surface area is 164 Å². The molecule has 1 aromatic carbocycles. The van der Waals surface area contributed by atoms with E-state index in [2.05, 4.69) is 27.0 Å². The van der Waals surface area contributed by atoms with Gasteiger partial charge in [-0.25, -0.2) is 13.6 Å². The minimum absolute atomic E-state index is 0.0276. The van der Waals surface area contributed by atoms with Gasteiger partial charge in [-0.15, -0.1) is 0 Å². The van der Waals surface area contributed by atoms with Gasteiger partial charge in [0.25, 0.3) is 0 Å². The predicted octanol–water partition coefficient (Wildman–Crippen LogP) is 2.80. The quantitative estimate of drug-likeness (QED) is 0.770. The zero-order chi connectivity index (χ0) is 19.6. The number of nitrogens with two attached hydrogens (primary N) is 1. The van der Waals surface area contributed by atoms with Crippen LogP contribution in [0.2, 0.25) is 0 Å². The van der Waals surface area contributed by atoms with E-state index >= 15 is 0 Å². The standard InChI is InChI=1S/C19H25N3O3S2/c1-13(15-5-7-17(8-6-15)27(20,24)25)21-19(23)14(2)22-10-3-4-18(22)16-9-11-26-12-16/h5-9,11-14,18H,3-4,10H2,1-2H3,(H,21,23)(H2,20,24,25)/t13-,14+,18-/m0/s1. The van der Waals surface area contributed by atoms with E-state index in [4.69, 9.17) is 5.14 Å². The zero-order valence-electron chi connectivity index (χ0n) is 15.5. The number of hydrogen-bond donors (Lipinski definition) is 2. The molecule has 0 spiro atoms. The molecule has 2 aromatic rings. The molecule has 1 fully saturated rings. The fraction of sp³-hybridized carbons (Fsp3) is 0.421. The Morgan fingerprint density at radius 2 is 1.96 bits per heavy atom. The maximum absolute atomic E-state index is 12.8. The van der Waals surface area contributed by atoms with Crippen molar-refractivity contribution in [1.82, 2.24) is 10.2 Å². The van der Waals surface area contributed by atoms with Crippen LogP contribution in [0.25, 0.3) is 0 Å². The lowest BCUT2D eigenvalue weighted by atomic mass is 10.1. The van der Waals surface area contributed by atoms with Gasteiger partial charge in [-0.1, -0.05) is 12.1 Å². The van der Waals surface area contributed by atoms with Gasteiger partial charge in [0, 0.05) is 6.04 Å². The summed E-state index contributed by atoms with van der Waals surface area (Å²) in [5.41, 5.74) is 2.11. The van der Waals surface area contributed by atoms with Crippen molar-refractivity contribution in [1.29, 1.82) is 0 Å². The number of amides is 1. The number of primary sulfonamides is 1. The number of nitrogens with one attached hydrogen (secondary N) is 1. The van der Waals surface area contributed by atoms with Crippen molar-refractivity contribution in [2.45, 2.75) is 49.7 Å². The highest BCUT2D eigenvalue weighted by molar-refractivity contribution is 7.89. The predicted molar refractivity (Wildman–Crippen MR) is 107 cm³/mol. The van der Waals surface area contributed by atoms with E-state index in [0.29, 0.717) is 6.04 Å². The molecular weight excluding hydrogens is 382 g/mol. The van der Waals surface area contributed by atoms with E-state index in [9.17, 15) is 13.2 Å². The molecule has 1 saturated heterocycles. The second kappa shape index (κ2) is 8.10. The first-order valence-corrected chi connectivity index (χ1v) is 11.5. The highest BCUT2D eigenvalue weighted by Crippen LogP contribution is 2.34. The molecule has 1 aromatic heterocycles. The van der Waals surface area contributed by atoms with Crippen molar-refractivity contribution in [2.24, 2.45) is 5.14 Å². The average molecular weight is 408 g/mol. The molecule has 1 aliphatic rings. The number of likely N-dealkylation sites (tertiary alicyclic amines) is 1. The van der Waals surface area contributed by atoms with E-state index < -0.39 is 10.0 Å². The fourth-order valence-corrected chi connectivity index (χ4v) is 4.81. The Balaban J connectivity index is 1.65. The topological polar surface area (TPSA) is 92.5 Å². The normalized spacial score (nSPS) is 20.3. The number of hydrogen-bond acceptors (Lipinski definition) is 5. The van der Waals surface area contributed by atoms with Gasteiger partial charge in [0.2, 0.25) is 15.9 Å². The van der Waals surface area contributed by atoms with E-state index in [1.807, 2.05) is 13.8 Å². The molecule has 8 heteroatoms. The van der Waals surface area contributed by atoms with Crippen LogP contribution in [0.1, 0.15) is 49.9 Å². The first kappa shape index (κ1) is 20.0. The molecule has 0 bridgehead atoms. The first-order valence-electron chi connectivity index (χ1n) is 8.98. The second-order valence-electron chi connectivity index (χ2n) is 6.97. The average Bonchev–Trinajstić information content (AvgIpc) is 3.31. The van der Waals surface area contributed by atoms with Crippen molar-refractivity contribution in [3.8, 4) is 0 Å². The number of carbonyl (C=O) groups excluding carboxylic acids is 1. The number of rotatable bonds is 6. The van der Waals surface area contributed by atoms with Crippen molar-refractivity contribution in [3.05, 3.63) is 52.2 Å².